The van der Waals surface area contributed by atoms with Crippen LogP contribution >= 0.6 is 0 Å². The first kappa shape index (κ1) is 19.3. The number of hydrogen-bond acceptors (Lipinski definition) is 4. The van der Waals surface area contributed by atoms with Crippen molar-refractivity contribution >= 4 is 28.4 Å². The van der Waals surface area contributed by atoms with Crippen LogP contribution in [0.1, 0.15) is 18.9 Å². The summed E-state index contributed by atoms with van der Waals surface area (Å²) in [5, 5.41) is 5.89. The van der Waals surface area contributed by atoms with Crippen LogP contribution in [0.25, 0.3) is 10.9 Å². The van der Waals surface area contributed by atoms with Gasteiger partial charge in [-0.15, -0.1) is 0 Å². The molecule has 0 aliphatic heterocycles. The molecule has 0 fully saturated rings. The van der Waals surface area contributed by atoms with Crippen LogP contribution in [-0.2, 0) is 22.6 Å². The fourth-order valence-electron chi connectivity index (χ4n) is 2.90. The summed E-state index contributed by atoms with van der Waals surface area (Å²) in [5.74, 6) is -0.599. The van der Waals surface area contributed by atoms with E-state index in [4.69, 9.17) is 0 Å². The van der Waals surface area contributed by atoms with Crippen LogP contribution in [0.4, 0.5) is 5.69 Å². The molecule has 0 bridgehead atoms. The molecule has 0 spiro atoms. The second-order valence-electron chi connectivity index (χ2n) is 6.35. The van der Waals surface area contributed by atoms with Crippen LogP contribution < -0.4 is 16.2 Å². The number of carbonyl (C=O) groups is 2. The van der Waals surface area contributed by atoms with Gasteiger partial charge in [0.2, 0.25) is 11.8 Å². The van der Waals surface area contributed by atoms with E-state index in [1.54, 1.807) is 18.2 Å². The minimum atomic E-state index is -0.306. The average Bonchev–Trinajstić information content (AvgIpc) is 2.72. The highest BCUT2D eigenvalue weighted by Crippen LogP contribution is 2.14. The molecule has 3 aromatic rings. The average molecular weight is 378 g/mol. The predicted octanol–water partition coefficient (Wildman–Crippen LogP) is 2.10. The van der Waals surface area contributed by atoms with E-state index >= 15 is 0 Å². The van der Waals surface area contributed by atoms with Gasteiger partial charge < -0.3 is 10.6 Å². The largest absolute Gasteiger partial charge is 0.347 e. The minimum Gasteiger partial charge on any atom is -0.347 e. The number of benzene rings is 2. The van der Waals surface area contributed by atoms with Crippen molar-refractivity contribution < 1.29 is 9.59 Å². The fourth-order valence-corrected chi connectivity index (χ4v) is 2.90. The Kier molecular flexibility index (Phi) is 6.16. The Morgan fingerprint density at radius 1 is 1.04 bits per heavy atom. The Balaban J connectivity index is 1.51. The molecule has 2 N–H and O–H groups in total. The van der Waals surface area contributed by atoms with Crippen molar-refractivity contribution in [3.05, 3.63) is 70.8 Å². The zero-order chi connectivity index (χ0) is 19.9. The van der Waals surface area contributed by atoms with E-state index in [1.807, 2.05) is 37.3 Å². The normalized spacial score (nSPS) is 10.6. The Bertz CT molecular complexity index is 1060. The summed E-state index contributed by atoms with van der Waals surface area (Å²) in [6.45, 7) is 2.08. The van der Waals surface area contributed by atoms with Crippen LogP contribution in [-0.4, -0.2) is 27.9 Å². The maximum atomic E-state index is 12.4. The quantitative estimate of drug-likeness (QED) is 0.658. The van der Waals surface area contributed by atoms with Gasteiger partial charge in [-0.3, -0.25) is 19.0 Å². The number of carbonyl (C=O) groups excluding carboxylic acids is 2. The van der Waals surface area contributed by atoms with E-state index in [0.29, 0.717) is 10.9 Å². The molecular formula is C21H22N4O3. The first-order valence-electron chi connectivity index (χ1n) is 9.17. The molecule has 7 nitrogen and oxygen atoms in total. The molecule has 0 aliphatic carbocycles. The number of nitrogens with one attached hydrogen (secondary N) is 2. The van der Waals surface area contributed by atoms with Crippen molar-refractivity contribution in [2.24, 2.45) is 0 Å². The molecule has 3 rings (SSSR count). The minimum absolute atomic E-state index is 0.0821. The van der Waals surface area contributed by atoms with E-state index < -0.39 is 0 Å². The lowest BCUT2D eigenvalue weighted by Crippen LogP contribution is -2.34. The Labute approximate surface area is 162 Å². The summed E-state index contributed by atoms with van der Waals surface area (Å²) in [7, 11) is 0. The molecule has 0 unspecified atom stereocenters. The van der Waals surface area contributed by atoms with E-state index in [-0.39, 0.29) is 36.9 Å². The Morgan fingerprint density at radius 3 is 2.61 bits per heavy atom. The molecular weight excluding hydrogens is 356 g/mol. The summed E-state index contributed by atoms with van der Waals surface area (Å²) in [5.41, 5.74) is 2.22. The Morgan fingerprint density at radius 2 is 1.79 bits per heavy atom. The summed E-state index contributed by atoms with van der Waals surface area (Å²) >= 11 is 0. The van der Waals surface area contributed by atoms with Crippen molar-refractivity contribution in [2.75, 3.05) is 11.9 Å². The second-order valence-corrected chi connectivity index (χ2v) is 6.35. The highest BCUT2D eigenvalue weighted by molar-refractivity contribution is 5.95. The van der Waals surface area contributed by atoms with Gasteiger partial charge in [0, 0.05) is 18.7 Å². The molecule has 0 aliphatic rings. The first-order chi connectivity index (χ1) is 13.6. The second kappa shape index (κ2) is 8.94. The molecule has 0 atom stereocenters. The third-order valence-electron chi connectivity index (χ3n) is 4.43. The van der Waals surface area contributed by atoms with Crippen LogP contribution in [0.15, 0.2) is 59.7 Å². The number of aryl methyl sites for hydroxylation is 2. The lowest BCUT2D eigenvalue weighted by Gasteiger charge is -2.10. The fraction of sp³-hybridized carbons (Fsp3) is 0.238. The number of fused-ring (bicyclic) bond motifs is 1. The predicted molar refractivity (Wildman–Crippen MR) is 108 cm³/mol. The van der Waals surface area contributed by atoms with Crippen LogP contribution in [0, 0.1) is 0 Å². The first-order valence-corrected chi connectivity index (χ1v) is 9.17. The number of rotatable bonds is 7. The molecule has 2 aromatic carbocycles. The molecule has 0 radical (unpaired) electrons. The molecule has 2 amide bonds. The number of amides is 2. The topological polar surface area (TPSA) is 93.1 Å². The lowest BCUT2D eigenvalue weighted by molar-refractivity contribution is -0.124. The highest BCUT2D eigenvalue weighted by atomic mass is 16.2. The van der Waals surface area contributed by atoms with Gasteiger partial charge in [0.05, 0.1) is 23.8 Å². The molecule has 28 heavy (non-hydrogen) atoms. The van der Waals surface area contributed by atoms with E-state index in [9.17, 15) is 14.4 Å². The number of hydrogen-bond donors (Lipinski definition) is 2. The van der Waals surface area contributed by atoms with Gasteiger partial charge in [0.25, 0.3) is 5.56 Å². The number of nitrogens with zero attached hydrogens (tertiary/aromatic N) is 2. The van der Waals surface area contributed by atoms with Crippen molar-refractivity contribution in [3.8, 4) is 0 Å². The lowest BCUT2D eigenvalue weighted by atomic mass is 10.1. The smallest absolute Gasteiger partial charge is 0.261 e. The third kappa shape index (κ3) is 4.62. The number of para-hydroxylation sites is 2. The SMILES string of the molecule is CCc1ccccc1NC(=O)CNC(=O)CCn1cnc2ccccc2c1=O. The standard InChI is InChI=1S/C21H22N4O3/c1-2-15-7-3-5-9-17(15)24-20(27)13-22-19(26)11-12-25-14-23-18-10-6-4-8-16(18)21(25)28/h3-10,14H,2,11-13H2,1H3,(H,22,26)(H,24,27). The van der Waals surface area contributed by atoms with Crippen LogP contribution in [0.3, 0.4) is 0 Å². The van der Waals surface area contributed by atoms with Gasteiger partial charge in [-0.05, 0) is 30.2 Å². The van der Waals surface area contributed by atoms with E-state index in [0.717, 1.165) is 17.7 Å². The highest BCUT2D eigenvalue weighted by Gasteiger charge is 2.09. The van der Waals surface area contributed by atoms with Crippen molar-refractivity contribution in [1.29, 1.82) is 0 Å². The molecule has 0 saturated carbocycles. The summed E-state index contributed by atoms with van der Waals surface area (Å²) in [6.07, 6.45) is 2.32. The number of anilines is 1. The third-order valence-corrected chi connectivity index (χ3v) is 4.43. The monoisotopic (exact) mass is 378 g/mol. The number of aromatic nitrogens is 2. The van der Waals surface area contributed by atoms with Crippen molar-refractivity contribution in [3.63, 3.8) is 0 Å². The summed E-state index contributed by atoms with van der Waals surface area (Å²) in [6, 6.07) is 14.6. The molecule has 144 valence electrons. The van der Waals surface area contributed by atoms with Gasteiger partial charge >= 0.3 is 0 Å². The van der Waals surface area contributed by atoms with Gasteiger partial charge in [-0.1, -0.05) is 37.3 Å². The van der Waals surface area contributed by atoms with E-state index in [2.05, 4.69) is 15.6 Å². The van der Waals surface area contributed by atoms with Gasteiger partial charge in [-0.25, -0.2) is 4.98 Å². The van der Waals surface area contributed by atoms with Gasteiger partial charge in [0.1, 0.15) is 0 Å². The van der Waals surface area contributed by atoms with Crippen molar-refractivity contribution in [2.45, 2.75) is 26.3 Å². The zero-order valence-corrected chi connectivity index (χ0v) is 15.6. The maximum Gasteiger partial charge on any atom is 0.261 e. The summed E-state index contributed by atoms with van der Waals surface area (Å²) in [4.78, 5) is 40.7. The van der Waals surface area contributed by atoms with Crippen LogP contribution in [0.5, 0.6) is 0 Å². The Hall–Kier alpha value is -3.48. The molecule has 0 saturated heterocycles. The van der Waals surface area contributed by atoms with Crippen molar-refractivity contribution in [1.82, 2.24) is 14.9 Å². The van der Waals surface area contributed by atoms with Gasteiger partial charge in [0.15, 0.2) is 0 Å². The zero-order valence-electron chi connectivity index (χ0n) is 15.6. The van der Waals surface area contributed by atoms with Gasteiger partial charge in [-0.2, -0.15) is 0 Å². The summed E-state index contributed by atoms with van der Waals surface area (Å²) < 4.78 is 1.40. The van der Waals surface area contributed by atoms with Crippen LogP contribution in [0.2, 0.25) is 0 Å². The maximum absolute atomic E-state index is 12.4. The molecule has 7 heteroatoms. The molecule has 1 heterocycles. The molecule has 1 aromatic heterocycles. The van der Waals surface area contributed by atoms with E-state index in [1.165, 1.54) is 10.9 Å².